The smallest absolute Gasteiger partial charge is 0.252 e. The summed E-state index contributed by atoms with van der Waals surface area (Å²) in [6.07, 6.45) is 0. The summed E-state index contributed by atoms with van der Waals surface area (Å²) in [5.74, 6) is 0.479. The highest BCUT2D eigenvalue weighted by Gasteiger charge is 2.17. The molecule has 0 fully saturated rings. The first-order chi connectivity index (χ1) is 15.6. The van der Waals surface area contributed by atoms with Crippen molar-refractivity contribution in [3.05, 3.63) is 131 Å². The summed E-state index contributed by atoms with van der Waals surface area (Å²) in [4.78, 5) is 24.1. The Hall–Kier alpha value is -4.38. The fourth-order valence-electron chi connectivity index (χ4n) is 3.36. The van der Waals surface area contributed by atoms with Crippen molar-refractivity contribution in [3.8, 4) is 11.5 Å². The van der Waals surface area contributed by atoms with E-state index in [1.165, 1.54) is 0 Å². The molecule has 0 radical (unpaired) electrons. The maximum Gasteiger partial charge on any atom is 0.252 e. The quantitative estimate of drug-likeness (QED) is 0.435. The van der Waals surface area contributed by atoms with Crippen molar-refractivity contribution in [1.82, 2.24) is 5.32 Å². The summed E-state index contributed by atoms with van der Waals surface area (Å²) in [6, 6.07) is 32.9. The molecule has 0 aliphatic carbocycles. The van der Waals surface area contributed by atoms with Gasteiger partial charge in [0.1, 0.15) is 11.5 Å². The largest absolute Gasteiger partial charge is 0.457 e. The lowest BCUT2D eigenvalue weighted by molar-refractivity contribution is 0.0942. The molecule has 0 spiro atoms. The minimum absolute atomic E-state index is 0.180. The van der Waals surface area contributed by atoms with Gasteiger partial charge >= 0.3 is 0 Å². The number of nitrogens with two attached hydrogens (primary N) is 1. The summed E-state index contributed by atoms with van der Waals surface area (Å²) in [7, 11) is 0. The Morgan fingerprint density at radius 1 is 0.625 bits per heavy atom. The van der Waals surface area contributed by atoms with Gasteiger partial charge < -0.3 is 15.8 Å². The van der Waals surface area contributed by atoms with Crippen LogP contribution in [-0.2, 0) is 0 Å². The molecular weight excluding hydrogens is 400 g/mol. The number of carbonyl (C=O) groups is 2. The van der Waals surface area contributed by atoms with Gasteiger partial charge in [0.15, 0.2) is 0 Å². The van der Waals surface area contributed by atoms with E-state index >= 15 is 0 Å². The van der Waals surface area contributed by atoms with Crippen LogP contribution in [0, 0.1) is 0 Å². The number of hydrogen-bond acceptors (Lipinski definition) is 3. The van der Waals surface area contributed by atoms with Crippen LogP contribution in [0.15, 0.2) is 109 Å². The Balaban J connectivity index is 1.48. The molecule has 0 atom stereocenters. The van der Waals surface area contributed by atoms with Crippen LogP contribution in [0.25, 0.3) is 0 Å². The van der Waals surface area contributed by atoms with Crippen molar-refractivity contribution in [2.75, 3.05) is 0 Å². The van der Waals surface area contributed by atoms with E-state index in [1.54, 1.807) is 48.5 Å². The molecule has 0 aliphatic rings. The van der Waals surface area contributed by atoms with Gasteiger partial charge in [0, 0.05) is 11.1 Å². The lowest BCUT2D eigenvalue weighted by Crippen LogP contribution is -2.29. The van der Waals surface area contributed by atoms with Crippen molar-refractivity contribution in [3.63, 3.8) is 0 Å². The van der Waals surface area contributed by atoms with Gasteiger partial charge in [-0.05, 0) is 59.7 Å². The van der Waals surface area contributed by atoms with E-state index in [-0.39, 0.29) is 11.9 Å². The van der Waals surface area contributed by atoms with Crippen LogP contribution in [0.5, 0.6) is 11.5 Å². The summed E-state index contributed by atoms with van der Waals surface area (Å²) in [5.41, 5.74) is 8.20. The summed E-state index contributed by atoms with van der Waals surface area (Å²) < 4.78 is 5.78. The van der Waals surface area contributed by atoms with Crippen molar-refractivity contribution in [2.45, 2.75) is 6.04 Å². The first-order valence-corrected chi connectivity index (χ1v) is 10.2. The van der Waals surface area contributed by atoms with E-state index in [2.05, 4.69) is 5.32 Å². The molecule has 0 aliphatic heterocycles. The number of ether oxygens (including phenoxy) is 1. The summed E-state index contributed by atoms with van der Waals surface area (Å²) in [5, 5.41) is 3.13. The molecule has 0 saturated heterocycles. The Morgan fingerprint density at radius 3 is 1.50 bits per heavy atom. The third kappa shape index (κ3) is 5.02. The molecule has 2 amide bonds. The van der Waals surface area contributed by atoms with Gasteiger partial charge in [-0.2, -0.15) is 0 Å². The minimum Gasteiger partial charge on any atom is -0.457 e. The third-order valence-electron chi connectivity index (χ3n) is 5.03. The maximum atomic E-state index is 13.0. The third-order valence-corrected chi connectivity index (χ3v) is 5.03. The highest BCUT2D eigenvalue weighted by Crippen LogP contribution is 2.24. The molecule has 5 nitrogen and oxygen atoms in total. The second-order valence-corrected chi connectivity index (χ2v) is 7.24. The molecule has 0 unspecified atom stereocenters. The van der Waals surface area contributed by atoms with E-state index in [0.717, 1.165) is 11.1 Å². The number of amides is 2. The standard InChI is InChI=1S/C27H22N2O3/c28-26(30)21-11-15-23(16-12-21)32-24-17-13-22(14-18-24)27(31)29-25(19-7-3-1-4-8-19)20-9-5-2-6-10-20/h1-18,25H,(H2,28,30)(H,29,31). The molecule has 3 N–H and O–H groups in total. The number of rotatable bonds is 7. The van der Waals surface area contributed by atoms with Crippen LogP contribution in [-0.4, -0.2) is 11.8 Å². The van der Waals surface area contributed by atoms with Gasteiger partial charge in [0.25, 0.3) is 5.91 Å². The summed E-state index contributed by atoms with van der Waals surface area (Å²) in [6.45, 7) is 0. The zero-order chi connectivity index (χ0) is 22.3. The first-order valence-electron chi connectivity index (χ1n) is 10.2. The van der Waals surface area contributed by atoms with Gasteiger partial charge in [-0.15, -0.1) is 0 Å². The van der Waals surface area contributed by atoms with Crippen molar-refractivity contribution in [1.29, 1.82) is 0 Å². The molecule has 0 bridgehead atoms. The average Bonchev–Trinajstić information content (AvgIpc) is 2.84. The van der Waals surface area contributed by atoms with Gasteiger partial charge in [0.2, 0.25) is 5.91 Å². The van der Waals surface area contributed by atoms with Gasteiger partial charge in [-0.1, -0.05) is 60.7 Å². The Kier molecular flexibility index (Phi) is 6.28. The molecule has 0 heterocycles. The Morgan fingerprint density at radius 2 is 1.06 bits per heavy atom. The number of benzene rings is 4. The van der Waals surface area contributed by atoms with Crippen LogP contribution >= 0.6 is 0 Å². The fourth-order valence-corrected chi connectivity index (χ4v) is 3.36. The van der Waals surface area contributed by atoms with E-state index in [9.17, 15) is 9.59 Å². The van der Waals surface area contributed by atoms with Crippen LogP contribution in [0.2, 0.25) is 0 Å². The predicted molar refractivity (Wildman–Crippen MR) is 124 cm³/mol. The molecule has 5 heteroatoms. The van der Waals surface area contributed by atoms with Crippen LogP contribution in [0.1, 0.15) is 37.9 Å². The van der Waals surface area contributed by atoms with Crippen LogP contribution in [0.3, 0.4) is 0 Å². The number of carbonyl (C=O) groups excluding carboxylic acids is 2. The lowest BCUT2D eigenvalue weighted by atomic mass is 9.98. The molecule has 4 rings (SSSR count). The van der Waals surface area contributed by atoms with Crippen molar-refractivity contribution < 1.29 is 14.3 Å². The first kappa shape index (κ1) is 20.9. The van der Waals surface area contributed by atoms with Crippen molar-refractivity contribution >= 4 is 11.8 Å². The van der Waals surface area contributed by atoms with E-state index in [4.69, 9.17) is 10.5 Å². The lowest BCUT2D eigenvalue weighted by Gasteiger charge is -2.20. The topological polar surface area (TPSA) is 81.4 Å². The normalized spacial score (nSPS) is 10.5. The SMILES string of the molecule is NC(=O)c1ccc(Oc2ccc(C(=O)NC(c3ccccc3)c3ccccc3)cc2)cc1. The highest BCUT2D eigenvalue weighted by atomic mass is 16.5. The highest BCUT2D eigenvalue weighted by molar-refractivity contribution is 5.95. The Labute approximate surface area is 186 Å². The second-order valence-electron chi connectivity index (χ2n) is 7.24. The van der Waals surface area contributed by atoms with Crippen LogP contribution in [0.4, 0.5) is 0 Å². The van der Waals surface area contributed by atoms with Gasteiger partial charge in [0.05, 0.1) is 6.04 Å². The second kappa shape index (κ2) is 9.62. The van der Waals surface area contributed by atoms with Crippen LogP contribution < -0.4 is 15.8 Å². The van der Waals surface area contributed by atoms with Crippen molar-refractivity contribution in [2.24, 2.45) is 5.73 Å². The molecule has 4 aromatic rings. The Bertz CT molecular complexity index is 1150. The molecule has 0 saturated carbocycles. The fraction of sp³-hybridized carbons (Fsp3) is 0.0370. The molecule has 32 heavy (non-hydrogen) atoms. The molecular formula is C27H22N2O3. The minimum atomic E-state index is -0.490. The average molecular weight is 422 g/mol. The van der Waals surface area contributed by atoms with Gasteiger partial charge in [-0.3, -0.25) is 9.59 Å². The maximum absolute atomic E-state index is 13.0. The molecule has 4 aromatic carbocycles. The monoisotopic (exact) mass is 422 g/mol. The van der Waals surface area contributed by atoms with E-state index in [1.807, 2.05) is 60.7 Å². The zero-order valence-electron chi connectivity index (χ0n) is 17.3. The van der Waals surface area contributed by atoms with E-state index < -0.39 is 5.91 Å². The molecule has 158 valence electrons. The van der Waals surface area contributed by atoms with E-state index in [0.29, 0.717) is 22.6 Å². The van der Waals surface area contributed by atoms with Gasteiger partial charge in [-0.25, -0.2) is 0 Å². The number of primary amides is 1. The summed E-state index contributed by atoms with van der Waals surface area (Å²) >= 11 is 0. The number of nitrogens with one attached hydrogen (secondary N) is 1. The number of hydrogen-bond donors (Lipinski definition) is 2. The predicted octanol–water partition coefficient (Wildman–Crippen LogP) is 5.10. The zero-order valence-corrected chi connectivity index (χ0v) is 17.3. The molecule has 0 aromatic heterocycles.